The predicted octanol–water partition coefficient (Wildman–Crippen LogP) is 1.23. The molecule has 1 atom stereocenters. The molecule has 0 unspecified atom stereocenters. The highest BCUT2D eigenvalue weighted by Gasteiger charge is 2.14. The number of carbonyl (C=O) groups excluding carboxylic acids is 1. The van der Waals surface area contributed by atoms with Crippen LogP contribution in [0.1, 0.15) is 25.5 Å². The van der Waals surface area contributed by atoms with E-state index in [1.807, 2.05) is 44.2 Å². The Bertz CT molecular complexity index is 339. The first kappa shape index (κ1) is 13.7. The Labute approximate surface area is 102 Å². The molecule has 0 fully saturated rings. The quantitative estimate of drug-likeness (QED) is 0.730. The summed E-state index contributed by atoms with van der Waals surface area (Å²) in [6, 6.07) is 8.69. The average Bonchev–Trinajstić information content (AvgIpc) is 2.34. The summed E-state index contributed by atoms with van der Waals surface area (Å²) in [4.78, 5) is 11.7. The molecular formula is C13H20N2O2. The third kappa shape index (κ3) is 4.97. The molecule has 0 saturated carbocycles. The maximum Gasteiger partial charge on any atom is 0.241 e. The lowest BCUT2D eigenvalue weighted by Gasteiger charge is -2.13. The first-order chi connectivity index (χ1) is 8.11. The van der Waals surface area contributed by atoms with Gasteiger partial charge in [0.05, 0.1) is 12.7 Å². The first-order valence-electron chi connectivity index (χ1n) is 5.81. The summed E-state index contributed by atoms with van der Waals surface area (Å²) in [7, 11) is 0. The molecule has 3 N–H and O–H groups in total. The van der Waals surface area contributed by atoms with Crippen LogP contribution in [0.2, 0.25) is 0 Å². The van der Waals surface area contributed by atoms with Crippen LogP contribution in [0.4, 0.5) is 0 Å². The second-order valence-corrected chi connectivity index (χ2v) is 4.10. The van der Waals surface area contributed by atoms with E-state index >= 15 is 0 Å². The highest BCUT2D eigenvalue weighted by molar-refractivity contribution is 5.82. The van der Waals surface area contributed by atoms with Gasteiger partial charge in [-0.3, -0.25) is 4.79 Å². The lowest BCUT2D eigenvalue weighted by atomic mass is 10.1. The van der Waals surface area contributed by atoms with E-state index < -0.39 is 6.04 Å². The fourth-order valence-corrected chi connectivity index (χ4v) is 1.39. The summed E-state index contributed by atoms with van der Waals surface area (Å²) in [6.45, 7) is 4.90. The fourth-order valence-electron chi connectivity index (χ4n) is 1.39. The molecular weight excluding hydrogens is 216 g/mol. The van der Waals surface area contributed by atoms with E-state index in [1.165, 1.54) is 0 Å². The van der Waals surface area contributed by atoms with Gasteiger partial charge in [0.25, 0.3) is 0 Å². The number of carbonyl (C=O) groups is 1. The van der Waals surface area contributed by atoms with Crippen molar-refractivity contribution < 1.29 is 9.53 Å². The Morgan fingerprint density at radius 1 is 1.35 bits per heavy atom. The molecule has 94 valence electrons. The van der Waals surface area contributed by atoms with Crippen LogP contribution < -0.4 is 11.1 Å². The van der Waals surface area contributed by atoms with Crippen LogP contribution in [0.15, 0.2) is 30.3 Å². The summed E-state index contributed by atoms with van der Waals surface area (Å²) in [5.74, 6) is -0.177. The van der Waals surface area contributed by atoms with Gasteiger partial charge in [0.1, 0.15) is 6.04 Å². The predicted molar refractivity (Wildman–Crippen MR) is 67.5 cm³/mol. The highest BCUT2D eigenvalue weighted by atomic mass is 16.5. The first-order valence-corrected chi connectivity index (χ1v) is 5.81. The smallest absolute Gasteiger partial charge is 0.241 e. The Morgan fingerprint density at radius 2 is 2.00 bits per heavy atom. The molecule has 0 saturated heterocycles. The van der Waals surface area contributed by atoms with Crippen molar-refractivity contribution >= 4 is 5.91 Å². The normalized spacial score (nSPS) is 12.5. The monoisotopic (exact) mass is 236 g/mol. The van der Waals surface area contributed by atoms with E-state index in [9.17, 15) is 4.79 Å². The van der Waals surface area contributed by atoms with Crippen LogP contribution in [0.3, 0.4) is 0 Å². The summed E-state index contributed by atoms with van der Waals surface area (Å²) < 4.78 is 5.32. The molecule has 4 nitrogen and oxygen atoms in total. The molecule has 1 aromatic carbocycles. The van der Waals surface area contributed by atoms with Crippen molar-refractivity contribution in [2.45, 2.75) is 26.0 Å². The number of amides is 1. The Hall–Kier alpha value is -1.39. The summed E-state index contributed by atoms with van der Waals surface area (Å²) in [5.41, 5.74) is 6.64. The maximum absolute atomic E-state index is 11.7. The molecule has 0 aromatic heterocycles. The van der Waals surface area contributed by atoms with Gasteiger partial charge < -0.3 is 15.8 Å². The number of hydrogen-bond donors (Lipinski definition) is 2. The molecule has 0 aliphatic heterocycles. The number of nitrogens with one attached hydrogen (secondary N) is 1. The topological polar surface area (TPSA) is 64.3 Å². The van der Waals surface area contributed by atoms with E-state index in [4.69, 9.17) is 10.5 Å². The molecule has 1 amide bonds. The van der Waals surface area contributed by atoms with Gasteiger partial charge in [-0.15, -0.1) is 0 Å². The van der Waals surface area contributed by atoms with Gasteiger partial charge in [0.2, 0.25) is 5.91 Å². The van der Waals surface area contributed by atoms with Crippen molar-refractivity contribution in [1.29, 1.82) is 0 Å². The largest absolute Gasteiger partial charge is 0.377 e. The van der Waals surface area contributed by atoms with Gasteiger partial charge in [-0.1, -0.05) is 30.3 Å². The zero-order valence-electron chi connectivity index (χ0n) is 10.3. The highest BCUT2D eigenvalue weighted by Crippen LogP contribution is 2.08. The zero-order chi connectivity index (χ0) is 12.7. The summed E-state index contributed by atoms with van der Waals surface area (Å²) in [6.07, 6.45) is 0.176. The van der Waals surface area contributed by atoms with E-state index in [-0.39, 0.29) is 12.0 Å². The fraction of sp³-hybridized carbons (Fsp3) is 0.462. The SMILES string of the molecule is CC(C)OCCNC(=O)[C@@H](N)c1ccccc1. The molecule has 1 aromatic rings. The molecule has 0 aliphatic carbocycles. The van der Waals surface area contributed by atoms with Gasteiger partial charge in [-0.2, -0.15) is 0 Å². The van der Waals surface area contributed by atoms with E-state index in [1.54, 1.807) is 0 Å². The molecule has 0 radical (unpaired) electrons. The maximum atomic E-state index is 11.7. The second kappa shape index (κ2) is 7.04. The van der Waals surface area contributed by atoms with Crippen molar-refractivity contribution in [3.8, 4) is 0 Å². The van der Waals surface area contributed by atoms with E-state index in [2.05, 4.69) is 5.32 Å². The number of ether oxygens (including phenoxy) is 1. The van der Waals surface area contributed by atoms with Crippen LogP contribution in [-0.2, 0) is 9.53 Å². The second-order valence-electron chi connectivity index (χ2n) is 4.10. The summed E-state index contributed by atoms with van der Waals surface area (Å²) in [5, 5.41) is 2.75. The Kier molecular flexibility index (Phi) is 5.66. The third-order valence-electron chi connectivity index (χ3n) is 2.29. The van der Waals surface area contributed by atoms with Gasteiger partial charge in [-0.25, -0.2) is 0 Å². The molecule has 0 aliphatic rings. The lowest BCUT2D eigenvalue weighted by molar-refractivity contribution is -0.122. The van der Waals surface area contributed by atoms with Gasteiger partial charge in [-0.05, 0) is 19.4 Å². The van der Waals surface area contributed by atoms with Gasteiger partial charge in [0.15, 0.2) is 0 Å². The molecule has 0 heterocycles. The van der Waals surface area contributed by atoms with Crippen molar-refractivity contribution in [3.05, 3.63) is 35.9 Å². The van der Waals surface area contributed by atoms with Crippen molar-refractivity contribution in [2.24, 2.45) is 5.73 Å². The molecule has 17 heavy (non-hydrogen) atoms. The van der Waals surface area contributed by atoms with Crippen LogP contribution in [0.25, 0.3) is 0 Å². The van der Waals surface area contributed by atoms with Crippen LogP contribution in [0, 0.1) is 0 Å². The molecule has 0 bridgehead atoms. The number of benzene rings is 1. The van der Waals surface area contributed by atoms with Crippen LogP contribution >= 0.6 is 0 Å². The summed E-state index contributed by atoms with van der Waals surface area (Å²) >= 11 is 0. The van der Waals surface area contributed by atoms with Crippen molar-refractivity contribution in [2.75, 3.05) is 13.2 Å². The Morgan fingerprint density at radius 3 is 2.59 bits per heavy atom. The molecule has 1 rings (SSSR count). The van der Waals surface area contributed by atoms with E-state index in [0.717, 1.165) is 5.56 Å². The minimum Gasteiger partial charge on any atom is -0.377 e. The average molecular weight is 236 g/mol. The number of hydrogen-bond acceptors (Lipinski definition) is 3. The molecule has 0 spiro atoms. The number of rotatable bonds is 6. The standard InChI is InChI=1S/C13H20N2O2/c1-10(2)17-9-8-15-13(16)12(14)11-6-4-3-5-7-11/h3-7,10,12H,8-9,14H2,1-2H3,(H,15,16)/t12-/m0/s1. The van der Waals surface area contributed by atoms with Gasteiger partial charge >= 0.3 is 0 Å². The Balaban J connectivity index is 2.33. The lowest BCUT2D eigenvalue weighted by Crippen LogP contribution is -2.36. The minimum atomic E-state index is -0.616. The van der Waals surface area contributed by atoms with Crippen LogP contribution in [-0.4, -0.2) is 25.2 Å². The zero-order valence-corrected chi connectivity index (χ0v) is 10.3. The van der Waals surface area contributed by atoms with Crippen molar-refractivity contribution in [1.82, 2.24) is 5.32 Å². The van der Waals surface area contributed by atoms with Gasteiger partial charge in [0, 0.05) is 6.54 Å². The third-order valence-corrected chi connectivity index (χ3v) is 2.29. The van der Waals surface area contributed by atoms with Crippen molar-refractivity contribution in [3.63, 3.8) is 0 Å². The molecule has 4 heteroatoms. The number of nitrogens with two attached hydrogens (primary N) is 1. The van der Waals surface area contributed by atoms with Crippen LogP contribution in [0.5, 0.6) is 0 Å². The van der Waals surface area contributed by atoms with E-state index in [0.29, 0.717) is 13.2 Å². The minimum absolute atomic E-state index is 0.176.